The standard InChI is InChI=1S/C26H30O5Si/c1-26(2,3)32(4,5)31-23-16-13-21(14-17-23)15-18-25(28)29-19-9-12-24(27)30-20-22-10-7-6-8-11-22/h6-8,10-11,13-18H,19-20H2,1-5H3/b18-15+. The van der Waals surface area contributed by atoms with Crippen LogP contribution in [-0.2, 0) is 25.7 Å². The molecule has 0 heterocycles. The quantitative estimate of drug-likeness (QED) is 0.186. The van der Waals surface area contributed by atoms with E-state index in [-0.39, 0.29) is 18.3 Å². The van der Waals surface area contributed by atoms with Gasteiger partial charge in [-0.05, 0) is 53.4 Å². The van der Waals surface area contributed by atoms with Crippen molar-refractivity contribution in [3.63, 3.8) is 0 Å². The first kappa shape index (κ1) is 25.0. The summed E-state index contributed by atoms with van der Waals surface area (Å²) in [5.41, 5.74) is 1.72. The second-order valence-electron chi connectivity index (χ2n) is 8.74. The molecular formula is C26H30O5Si. The molecule has 0 aromatic heterocycles. The van der Waals surface area contributed by atoms with Gasteiger partial charge in [-0.25, -0.2) is 9.59 Å². The van der Waals surface area contributed by atoms with Crippen LogP contribution in [0.1, 0.15) is 31.9 Å². The Balaban J connectivity index is 1.76. The Kier molecular flexibility index (Phi) is 8.86. The lowest BCUT2D eigenvalue weighted by atomic mass is 10.2. The summed E-state index contributed by atoms with van der Waals surface area (Å²) in [5.74, 6) is 4.39. The molecule has 2 aromatic rings. The maximum atomic E-state index is 11.8. The van der Waals surface area contributed by atoms with Gasteiger partial charge in [-0.2, -0.15) is 0 Å². The molecule has 0 amide bonds. The van der Waals surface area contributed by atoms with Crippen LogP contribution in [0.5, 0.6) is 5.75 Å². The Morgan fingerprint density at radius 3 is 2.25 bits per heavy atom. The minimum Gasteiger partial charge on any atom is -0.544 e. The molecule has 168 valence electrons. The predicted molar refractivity (Wildman–Crippen MR) is 128 cm³/mol. The Morgan fingerprint density at radius 2 is 1.62 bits per heavy atom. The molecule has 0 unspecified atom stereocenters. The predicted octanol–water partition coefficient (Wildman–Crippen LogP) is 5.37. The monoisotopic (exact) mass is 450 g/mol. The zero-order valence-electron chi connectivity index (χ0n) is 19.3. The van der Waals surface area contributed by atoms with Crippen LogP contribution in [0.15, 0.2) is 60.7 Å². The summed E-state index contributed by atoms with van der Waals surface area (Å²) in [7, 11) is -1.89. The first-order valence-corrected chi connectivity index (χ1v) is 13.3. The van der Waals surface area contributed by atoms with Crippen molar-refractivity contribution >= 4 is 26.3 Å². The molecule has 0 bridgehead atoms. The minimum absolute atomic E-state index is 0.122. The van der Waals surface area contributed by atoms with Crippen LogP contribution in [0.3, 0.4) is 0 Å². The van der Waals surface area contributed by atoms with Gasteiger partial charge in [0.25, 0.3) is 0 Å². The fraction of sp³-hybridized carbons (Fsp3) is 0.308. The summed E-state index contributed by atoms with van der Waals surface area (Å²) < 4.78 is 16.2. The average Bonchev–Trinajstić information content (AvgIpc) is 2.74. The Labute approximate surface area is 191 Å². The molecule has 6 heteroatoms. The van der Waals surface area contributed by atoms with Gasteiger partial charge in [-0.1, -0.05) is 63.2 Å². The second-order valence-corrected chi connectivity index (χ2v) is 13.5. The van der Waals surface area contributed by atoms with Crippen molar-refractivity contribution in [2.24, 2.45) is 0 Å². The highest BCUT2D eigenvalue weighted by atomic mass is 28.4. The molecule has 0 saturated heterocycles. The van der Waals surface area contributed by atoms with Crippen LogP contribution in [0.4, 0.5) is 0 Å². The topological polar surface area (TPSA) is 61.8 Å². The van der Waals surface area contributed by atoms with Crippen molar-refractivity contribution in [3.8, 4) is 17.6 Å². The summed E-state index contributed by atoms with van der Waals surface area (Å²) in [4.78, 5) is 23.4. The second kappa shape index (κ2) is 11.4. The van der Waals surface area contributed by atoms with E-state index in [1.54, 1.807) is 6.08 Å². The zero-order valence-corrected chi connectivity index (χ0v) is 20.3. The van der Waals surface area contributed by atoms with E-state index in [2.05, 4.69) is 45.7 Å². The summed E-state index contributed by atoms with van der Waals surface area (Å²) >= 11 is 0. The van der Waals surface area contributed by atoms with Gasteiger partial charge in [-0.15, -0.1) is 0 Å². The molecule has 0 N–H and O–H groups in total. The molecule has 0 aliphatic carbocycles. The zero-order chi connectivity index (χ0) is 23.6. The van der Waals surface area contributed by atoms with Crippen molar-refractivity contribution in [2.75, 3.05) is 6.61 Å². The molecule has 0 spiro atoms. The first-order valence-electron chi connectivity index (χ1n) is 10.4. The first-order chi connectivity index (χ1) is 15.1. The minimum atomic E-state index is -1.89. The lowest BCUT2D eigenvalue weighted by molar-refractivity contribution is -0.138. The van der Waals surface area contributed by atoms with Gasteiger partial charge < -0.3 is 13.9 Å². The third-order valence-electron chi connectivity index (χ3n) is 5.16. The highest BCUT2D eigenvalue weighted by molar-refractivity contribution is 6.74. The molecule has 0 fully saturated rings. The van der Waals surface area contributed by atoms with E-state index in [1.165, 1.54) is 6.08 Å². The molecule has 0 atom stereocenters. The summed E-state index contributed by atoms with van der Waals surface area (Å²) in [6.07, 6.45) is 2.97. The fourth-order valence-electron chi connectivity index (χ4n) is 2.28. The lowest BCUT2D eigenvalue weighted by Gasteiger charge is -2.36. The normalized spacial score (nSPS) is 11.4. The van der Waals surface area contributed by atoms with Crippen molar-refractivity contribution < 1.29 is 23.5 Å². The molecule has 2 aromatic carbocycles. The number of benzene rings is 2. The van der Waals surface area contributed by atoms with Crippen LogP contribution in [0.25, 0.3) is 6.08 Å². The third kappa shape index (κ3) is 8.44. The van der Waals surface area contributed by atoms with E-state index in [0.29, 0.717) is 0 Å². The van der Waals surface area contributed by atoms with E-state index in [9.17, 15) is 9.59 Å². The van der Waals surface area contributed by atoms with Gasteiger partial charge in [0.05, 0.1) is 0 Å². The van der Waals surface area contributed by atoms with Gasteiger partial charge in [0.15, 0.2) is 6.61 Å². The molecule has 0 aliphatic rings. The number of carbonyl (C=O) groups is 2. The van der Waals surface area contributed by atoms with Crippen LogP contribution < -0.4 is 4.43 Å². The summed E-state index contributed by atoms with van der Waals surface area (Å²) in [5, 5.41) is 0.122. The molecule has 0 saturated carbocycles. The van der Waals surface area contributed by atoms with Crippen LogP contribution in [-0.4, -0.2) is 26.9 Å². The van der Waals surface area contributed by atoms with Crippen LogP contribution in [0, 0.1) is 11.8 Å². The number of esters is 2. The number of carbonyl (C=O) groups excluding carboxylic acids is 2. The molecular weight excluding hydrogens is 420 g/mol. The molecule has 32 heavy (non-hydrogen) atoms. The molecule has 2 rings (SSSR count). The average molecular weight is 451 g/mol. The van der Waals surface area contributed by atoms with Crippen molar-refractivity contribution in [3.05, 3.63) is 71.8 Å². The van der Waals surface area contributed by atoms with E-state index in [4.69, 9.17) is 13.9 Å². The van der Waals surface area contributed by atoms with E-state index in [1.807, 2.05) is 54.6 Å². The highest BCUT2D eigenvalue weighted by Crippen LogP contribution is 2.37. The van der Waals surface area contributed by atoms with Gasteiger partial charge in [-0.3, -0.25) is 0 Å². The maximum Gasteiger partial charge on any atom is 0.384 e. The van der Waals surface area contributed by atoms with E-state index >= 15 is 0 Å². The largest absolute Gasteiger partial charge is 0.544 e. The Morgan fingerprint density at radius 1 is 0.969 bits per heavy atom. The SMILES string of the molecule is CC(C)(C)[Si](C)(C)Oc1ccc(/C=C/C(=O)OCC#CC(=O)OCc2ccccc2)cc1. The van der Waals surface area contributed by atoms with E-state index in [0.717, 1.165) is 16.9 Å². The maximum absolute atomic E-state index is 11.8. The summed E-state index contributed by atoms with van der Waals surface area (Å²) in [6, 6.07) is 16.9. The van der Waals surface area contributed by atoms with Crippen LogP contribution in [0.2, 0.25) is 18.1 Å². The number of hydrogen-bond donors (Lipinski definition) is 0. The Bertz CT molecular complexity index is 990. The van der Waals surface area contributed by atoms with Crippen molar-refractivity contribution in [1.29, 1.82) is 0 Å². The Hall–Kier alpha value is -3.30. The lowest BCUT2D eigenvalue weighted by Crippen LogP contribution is -2.43. The number of rotatable bonds is 7. The van der Waals surface area contributed by atoms with Gasteiger partial charge in [0.1, 0.15) is 12.4 Å². The highest BCUT2D eigenvalue weighted by Gasteiger charge is 2.38. The van der Waals surface area contributed by atoms with Gasteiger partial charge in [0.2, 0.25) is 8.32 Å². The third-order valence-corrected chi connectivity index (χ3v) is 9.52. The number of hydrogen-bond acceptors (Lipinski definition) is 5. The molecule has 0 radical (unpaired) electrons. The van der Waals surface area contributed by atoms with Gasteiger partial charge >= 0.3 is 11.9 Å². The molecule has 5 nitrogen and oxygen atoms in total. The fourth-order valence-corrected chi connectivity index (χ4v) is 3.31. The number of ether oxygens (including phenoxy) is 2. The van der Waals surface area contributed by atoms with Crippen LogP contribution >= 0.6 is 0 Å². The smallest absolute Gasteiger partial charge is 0.384 e. The van der Waals surface area contributed by atoms with Crippen molar-refractivity contribution in [2.45, 2.75) is 45.5 Å². The van der Waals surface area contributed by atoms with Gasteiger partial charge in [0, 0.05) is 12.0 Å². The molecule has 0 aliphatic heterocycles. The summed E-state index contributed by atoms with van der Waals surface area (Å²) in [6.45, 7) is 10.9. The van der Waals surface area contributed by atoms with E-state index < -0.39 is 20.3 Å². The van der Waals surface area contributed by atoms with Crippen molar-refractivity contribution in [1.82, 2.24) is 0 Å².